The fourth-order valence-electron chi connectivity index (χ4n) is 2.99. The molecule has 2 rings (SSSR count). The van der Waals surface area contributed by atoms with Crippen molar-refractivity contribution in [2.45, 2.75) is 46.0 Å². The molecule has 0 aromatic rings. The molecule has 2 fully saturated rings. The van der Waals surface area contributed by atoms with Crippen molar-refractivity contribution in [2.24, 2.45) is 17.3 Å². The van der Waals surface area contributed by atoms with Crippen LogP contribution in [0.5, 0.6) is 0 Å². The first kappa shape index (κ1) is 6.69. The molecule has 0 radical (unpaired) electrons. The maximum Gasteiger partial charge on any atom is -0.0266 e. The Bertz CT molecular complexity index is 131. The normalized spacial score (nSPS) is 35.7. The highest BCUT2D eigenvalue weighted by molar-refractivity contribution is 5.02. The molecule has 0 aromatic heterocycles. The Balaban J connectivity index is 2.07. The van der Waals surface area contributed by atoms with E-state index >= 15 is 0 Å². The van der Waals surface area contributed by atoms with Gasteiger partial charge in [-0.2, -0.15) is 0 Å². The summed E-state index contributed by atoms with van der Waals surface area (Å²) >= 11 is 0. The minimum Gasteiger partial charge on any atom is -0.0625 e. The smallest absolute Gasteiger partial charge is 0.0266 e. The molecule has 1 atom stereocenters. The van der Waals surface area contributed by atoms with Crippen LogP contribution in [0.15, 0.2) is 0 Å². The first-order chi connectivity index (χ1) is 4.75. The molecule has 0 heteroatoms. The highest BCUT2D eigenvalue weighted by Crippen LogP contribution is 2.63. The van der Waals surface area contributed by atoms with E-state index in [1.165, 1.54) is 12.8 Å². The lowest BCUT2D eigenvalue weighted by molar-refractivity contribution is 0.275. The Morgan fingerprint density at radius 3 is 2.30 bits per heavy atom. The Morgan fingerprint density at radius 2 is 1.90 bits per heavy atom. The molecular weight excluding hydrogens is 120 g/mol. The van der Waals surface area contributed by atoms with Crippen LogP contribution in [0.25, 0.3) is 0 Å². The zero-order chi connectivity index (χ0) is 7.19. The van der Waals surface area contributed by atoms with Crippen LogP contribution in [0, 0.1) is 17.3 Å². The van der Waals surface area contributed by atoms with Crippen molar-refractivity contribution in [3.05, 3.63) is 0 Å². The highest BCUT2D eigenvalue weighted by atomic mass is 14.6. The van der Waals surface area contributed by atoms with Crippen LogP contribution in [0.3, 0.4) is 0 Å². The van der Waals surface area contributed by atoms with Crippen LogP contribution in [0.2, 0.25) is 0 Å². The maximum absolute atomic E-state index is 2.40. The van der Waals surface area contributed by atoms with Crippen molar-refractivity contribution in [2.75, 3.05) is 0 Å². The molecule has 2 saturated carbocycles. The molecule has 0 nitrogen and oxygen atoms in total. The second-order valence-corrected chi connectivity index (χ2v) is 4.61. The number of hydrogen-bond donors (Lipinski definition) is 0. The lowest BCUT2D eigenvalue weighted by Crippen LogP contribution is -2.14. The topological polar surface area (TPSA) is 0 Å². The Hall–Kier alpha value is 0. The first-order valence-electron chi connectivity index (χ1n) is 4.75. The summed E-state index contributed by atoms with van der Waals surface area (Å²) in [6.07, 6.45) is 7.70. The molecule has 58 valence electrons. The van der Waals surface area contributed by atoms with Crippen LogP contribution in [0.4, 0.5) is 0 Å². The summed E-state index contributed by atoms with van der Waals surface area (Å²) in [5.41, 5.74) is 0.883. The van der Waals surface area contributed by atoms with E-state index in [9.17, 15) is 0 Å². The SMILES string of the molecule is CC(C)[C@@H]1CCCC12CC2. The molecule has 0 aromatic carbocycles. The van der Waals surface area contributed by atoms with Crippen molar-refractivity contribution < 1.29 is 0 Å². The molecule has 10 heavy (non-hydrogen) atoms. The molecule has 2 aliphatic rings. The van der Waals surface area contributed by atoms with Crippen molar-refractivity contribution in [1.82, 2.24) is 0 Å². The standard InChI is InChI=1S/C10H18/c1-8(2)9-4-3-5-10(9)6-7-10/h8-9H,3-7H2,1-2H3/t9-/m0/s1. The van der Waals surface area contributed by atoms with Gasteiger partial charge in [-0.1, -0.05) is 20.3 Å². The molecule has 0 bridgehead atoms. The summed E-state index contributed by atoms with van der Waals surface area (Å²) in [5.74, 6) is 2.04. The van der Waals surface area contributed by atoms with Crippen molar-refractivity contribution in [3.8, 4) is 0 Å². The summed E-state index contributed by atoms with van der Waals surface area (Å²) in [4.78, 5) is 0. The van der Waals surface area contributed by atoms with E-state index < -0.39 is 0 Å². The molecular formula is C10H18. The fourth-order valence-corrected chi connectivity index (χ4v) is 2.99. The van der Waals surface area contributed by atoms with Gasteiger partial charge < -0.3 is 0 Å². The van der Waals surface area contributed by atoms with Gasteiger partial charge in [0.25, 0.3) is 0 Å². The van der Waals surface area contributed by atoms with Crippen LogP contribution < -0.4 is 0 Å². The predicted molar refractivity (Wildman–Crippen MR) is 43.8 cm³/mol. The molecule has 0 unspecified atom stereocenters. The molecule has 0 heterocycles. The number of rotatable bonds is 1. The molecule has 0 saturated heterocycles. The number of hydrogen-bond acceptors (Lipinski definition) is 0. The second kappa shape index (κ2) is 1.99. The maximum atomic E-state index is 2.40. The van der Waals surface area contributed by atoms with Gasteiger partial charge in [0.2, 0.25) is 0 Å². The van der Waals surface area contributed by atoms with Gasteiger partial charge >= 0.3 is 0 Å². The van der Waals surface area contributed by atoms with Gasteiger partial charge in [0, 0.05) is 0 Å². The average molecular weight is 138 g/mol. The summed E-state index contributed by atoms with van der Waals surface area (Å²) in [6.45, 7) is 4.80. The molecule has 0 N–H and O–H groups in total. The third kappa shape index (κ3) is 0.810. The summed E-state index contributed by atoms with van der Waals surface area (Å²) in [6, 6.07) is 0. The first-order valence-corrected chi connectivity index (χ1v) is 4.75. The Kier molecular flexibility index (Phi) is 1.33. The van der Waals surface area contributed by atoms with E-state index in [1.807, 2.05) is 0 Å². The monoisotopic (exact) mass is 138 g/mol. The molecule has 2 aliphatic carbocycles. The van der Waals surface area contributed by atoms with E-state index in [1.54, 1.807) is 19.3 Å². The summed E-state index contributed by atoms with van der Waals surface area (Å²) < 4.78 is 0. The van der Waals surface area contributed by atoms with Gasteiger partial charge in [-0.15, -0.1) is 0 Å². The summed E-state index contributed by atoms with van der Waals surface area (Å²) in [5, 5.41) is 0. The third-order valence-electron chi connectivity index (χ3n) is 3.67. The molecule has 0 aliphatic heterocycles. The second-order valence-electron chi connectivity index (χ2n) is 4.61. The van der Waals surface area contributed by atoms with Gasteiger partial charge in [-0.25, -0.2) is 0 Å². The zero-order valence-electron chi connectivity index (χ0n) is 7.19. The van der Waals surface area contributed by atoms with Gasteiger partial charge in [-0.05, 0) is 42.9 Å². The van der Waals surface area contributed by atoms with E-state index in [0.29, 0.717) is 0 Å². The van der Waals surface area contributed by atoms with Gasteiger partial charge in [0.05, 0.1) is 0 Å². The zero-order valence-corrected chi connectivity index (χ0v) is 7.19. The Labute approximate surface area is 64.0 Å². The van der Waals surface area contributed by atoms with Crippen molar-refractivity contribution in [3.63, 3.8) is 0 Å². The lowest BCUT2D eigenvalue weighted by atomic mass is 9.84. The van der Waals surface area contributed by atoms with Gasteiger partial charge in [0.15, 0.2) is 0 Å². The van der Waals surface area contributed by atoms with Crippen LogP contribution in [-0.2, 0) is 0 Å². The summed E-state index contributed by atoms with van der Waals surface area (Å²) in [7, 11) is 0. The Morgan fingerprint density at radius 1 is 1.20 bits per heavy atom. The largest absolute Gasteiger partial charge is 0.0625 e. The molecule has 0 amide bonds. The van der Waals surface area contributed by atoms with Crippen molar-refractivity contribution >= 4 is 0 Å². The van der Waals surface area contributed by atoms with E-state index in [-0.39, 0.29) is 0 Å². The fraction of sp³-hybridized carbons (Fsp3) is 1.00. The van der Waals surface area contributed by atoms with Gasteiger partial charge in [0.1, 0.15) is 0 Å². The minimum absolute atomic E-state index is 0.883. The van der Waals surface area contributed by atoms with E-state index in [0.717, 1.165) is 17.3 Å². The third-order valence-corrected chi connectivity index (χ3v) is 3.67. The minimum atomic E-state index is 0.883. The lowest BCUT2D eigenvalue weighted by Gasteiger charge is -2.21. The highest BCUT2D eigenvalue weighted by Gasteiger charge is 2.52. The van der Waals surface area contributed by atoms with Crippen LogP contribution in [0.1, 0.15) is 46.0 Å². The average Bonchev–Trinajstić information content (AvgIpc) is 2.42. The van der Waals surface area contributed by atoms with E-state index in [4.69, 9.17) is 0 Å². The van der Waals surface area contributed by atoms with Crippen molar-refractivity contribution in [1.29, 1.82) is 0 Å². The van der Waals surface area contributed by atoms with E-state index in [2.05, 4.69) is 13.8 Å². The quantitative estimate of drug-likeness (QED) is 0.522. The van der Waals surface area contributed by atoms with Crippen LogP contribution in [-0.4, -0.2) is 0 Å². The van der Waals surface area contributed by atoms with Gasteiger partial charge in [-0.3, -0.25) is 0 Å². The van der Waals surface area contributed by atoms with Crippen LogP contribution >= 0.6 is 0 Å². The predicted octanol–water partition coefficient (Wildman–Crippen LogP) is 3.22. The molecule has 1 spiro atoms.